The molecule has 2 amide bonds. The van der Waals surface area contributed by atoms with Gasteiger partial charge in [-0.25, -0.2) is 4.79 Å². The Kier molecular flexibility index (Phi) is 5.20. The van der Waals surface area contributed by atoms with Gasteiger partial charge >= 0.3 is 6.03 Å². The largest absolute Gasteiger partial charge is 0.496 e. The summed E-state index contributed by atoms with van der Waals surface area (Å²) in [5.74, 6) is 1.23. The van der Waals surface area contributed by atoms with Crippen LogP contribution < -0.4 is 10.1 Å². The van der Waals surface area contributed by atoms with Gasteiger partial charge in [-0.1, -0.05) is 30.3 Å². The molecule has 2 aromatic rings. The van der Waals surface area contributed by atoms with E-state index in [0.29, 0.717) is 12.5 Å². The van der Waals surface area contributed by atoms with Gasteiger partial charge in [-0.05, 0) is 23.3 Å². The smallest absolute Gasteiger partial charge is 0.317 e. The second-order valence-electron chi connectivity index (χ2n) is 6.24. The number of carbonyl (C=O) groups excluding carboxylic acids is 1. The normalized spacial score (nSPS) is 17.0. The second-order valence-corrected chi connectivity index (χ2v) is 6.24. The summed E-state index contributed by atoms with van der Waals surface area (Å²) >= 11 is 0. The molecule has 128 valence electrons. The number of urea groups is 1. The van der Waals surface area contributed by atoms with Crippen LogP contribution in [0, 0.1) is 5.92 Å². The average molecular weight is 328 g/mol. The van der Waals surface area contributed by atoms with E-state index in [-0.39, 0.29) is 6.03 Å². The van der Waals surface area contributed by atoms with Gasteiger partial charge in [-0.3, -0.25) is 0 Å². The van der Waals surface area contributed by atoms with Crippen LogP contribution in [-0.2, 0) is 11.3 Å². The molecular weight excluding hydrogens is 304 g/mol. The highest BCUT2D eigenvalue weighted by atomic mass is 16.5. The number of amides is 2. The van der Waals surface area contributed by atoms with Gasteiger partial charge in [0.2, 0.25) is 0 Å². The first-order chi connectivity index (χ1) is 11.7. The fraction of sp³-hybridized carbons (Fsp3) is 0.421. The van der Waals surface area contributed by atoms with Crippen molar-refractivity contribution in [3.8, 4) is 5.75 Å². The first-order valence-electron chi connectivity index (χ1n) is 8.30. The molecule has 5 heteroatoms. The topological polar surface area (TPSA) is 50.8 Å². The molecule has 1 fully saturated rings. The maximum Gasteiger partial charge on any atom is 0.317 e. The third kappa shape index (κ3) is 3.62. The molecule has 0 radical (unpaired) electrons. The molecule has 3 rings (SSSR count). The first kappa shape index (κ1) is 16.6. The van der Waals surface area contributed by atoms with Crippen LogP contribution in [0.4, 0.5) is 4.79 Å². The highest BCUT2D eigenvalue weighted by Gasteiger charge is 2.20. The van der Waals surface area contributed by atoms with E-state index < -0.39 is 0 Å². The Labute approximate surface area is 142 Å². The summed E-state index contributed by atoms with van der Waals surface area (Å²) in [7, 11) is 3.48. The van der Waals surface area contributed by atoms with Crippen molar-refractivity contribution >= 4 is 16.8 Å². The van der Waals surface area contributed by atoms with Gasteiger partial charge in [0.1, 0.15) is 5.75 Å². The standard InChI is InChI=1S/C19H24N2O3/c1-21(12-14-9-10-24-13-14)19(22)20-11-17-16-6-4-3-5-15(16)7-8-18(17)23-2/h3-8,14H,9-13H2,1-2H3,(H,20,22). The molecule has 24 heavy (non-hydrogen) atoms. The van der Waals surface area contributed by atoms with E-state index in [0.717, 1.165) is 48.3 Å². The maximum absolute atomic E-state index is 12.4. The Hall–Kier alpha value is -2.27. The lowest BCUT2D eigenvalue weighted by molar-refractivity contribution is 0.171. The van der Waals surface area contributed by atoms with Crippen LogP contribution in [0.2, 0.25) is 0 Å². The van der Waals surface area contributed by atoms with E-state index in [1.807, 2.05) is 31.3 Å². The summed E-state index contributed by atoms with van der Waals surface area (Å²) in [5, 5.41) is 5.24. The van der Waals surface area contributed by atoms with Gasteiger partial charge in [-0.15, -0.1) is 0 Å². The molecule has 1 saturated heterocycles. The summed E-state index contributed by atoms with van der Waals surface area (Å²) in [6, 6.07) is 12.0. The van der Waals surface area contributed by atoms with Crippen molar-refractivity contribution < 1.29 is 14.3 Å². The molecule has 1 atom stereocenters. The molecule has 0 saturated carbocycles. The number of methoxy groups -OCH3 is 1. The zero-order valence-electron chi connectivity index (χ0n) is 14.2. The highest BCUT2D eigenvalue weighted by Crippen LogP contribution is 2.27. The van der Waals surface area contributed by atoms with E-state index in [2.05, 4.69) is 17.4 Å². The van der Waals surface area contributed by atoms with Crippen molar-refractivity contribution in [3.05, 3.63) is 42.0 Å². The zero-order chi connectivity index (χ0) is 16.9. The summed E-state index contributed by atoms with van der Waals surface area (Å²) in [6.45, 7) is 2.70. The molecule has 0 spiro atoms. The lowest BCUT2D eigenvalue weighted by Gasteiger charge is -2.21. The molecule has 1 aliphatic heterocycles. The summed E-state index contributed by atoms with van der Waals surface area (Å²) in [6.07, 6.45) is 1.02. The maximum atomic E-state index is 12.4. The Morgan fingerprint density at radius 3 is 2.92 bits per heavy atom. The number of carbonyl (C=O) groups is 1. The van der Waals surface area contributed by atoms with Gasteiger partial charge in [0.25, 0.3) is 0 Å². The number of ether oxygens (including phenoxy) is 2. The fourth-order valence-corrected chi connectivity index (χ4v) is 3.19. The molecule has 5 nitrogen and oxygen atoms in total. The highest BCUT2D eigenvalue weighted by molar-refractivity contribution is 5.88. The lowest BCUT2D eigenvalue weighted by Crippen LogP contribution is -2.39. The summed E-state index contributed by atoms with van der Waals surface area (Å²) in [5.41, 5.74) is 1.00. The number of benzene rings is 2. The molecule has 1 N–H and O–H groups in total. The third-order valence-corrected chi connectivity index (χ3v) is 4.54. The Balaban J connectivity index is 1.69. The lowest BCUT2D eigenvalue weighted by atomic mass is 10.0. The predicted octanol–water partition coefficient (Wildman–Crippen LogP) is 3.03. The average Bonchev–Trinajstić information content (AvgIpc) is 3.12. The monoisotopic (exact) mass is 328 g/mol. The molecule has 1 heterocycles. The van der Waals surface area contributed by atoms with Crippen molar-refractivity contribution in [2.24, 2.45) is 5.92 Å². The number of rotatable bonds is 5. The Morgan fingerprint density at radius 2 is 2.17 bits per heavy atom. The molecule has 2 aromatic carbocycles. The van der Waals surface area contributed by atoms with Gasteiger partial charge < -0.3 is 19.7 Å². The Bertz CT molecular complexity index is 711. The summed E-state index contributed by atoms with van der Waals surface area (Å²) in [4.78, 5) is 14.1. The van der Waals surface area contributed by atoms with E-state index >= 15 is 0 Å². The van der Waals surface area contributed by atoms with Crippen molar-refractivity contribution in [2.45, 2.75) is 13.0 Å². The van der Waals surface area contributed by atoms with Crippen molar-refractivity contribution in [1.82, 2.24) is 10.2 Å². The molecule has 1 aliphatic rings. The summed E-state index contributed by atoms with van der Waals surface area (Å²) < 4.78 is 10.8. The van der Waals surface area contributed by atoms with Crippen LogP contribution in [0.5, 0.6) is 5.75 Å². The van der Waals surface area contributed by atoms with Gasteiger partial charge in [-0.2, -0.15) is 0 Å². The molecule has 0 aliphatic carbocycles. The van der Waals surface area contributed by atoms with Crippen LogP contribution in [-0.4, -0.2) is 44.8 Å². The van der Waals surface area contributed by atoms with Gasteiger partial charge in [0.15, 0.2) is 0 Å². The van der Waals surface area contributed by atoms with Gasteiger partial charge in [0, 0.05) is 38.2 Å². The fourth-order valence-electron chi connectivity index (χ4n) is 3.19. The molecule has 0 bridgehead atoms. The minimum Gasteiger partial charge on any atom is -0.496 e. The van der Waals surface area contributed by atoms with Crippen LogP contribution in [0.15, 0.2) is 36.4 Å². The van der Waals surface area contributed by atoms with E-state index in [1.54, 1.807) is 12.0 Å². The predicted molar refractivity (Wildman–Crippen MR) is 94.3 cm³/mol. The number of nitrogens with zero attached hydrogens (tertiary/aromatic N) is 1. The molecular formula is C19H24N2O3. The molecule has 1 unspecified atom stereocenters. The van der Waals surface area contributed by atoms with Crippen LogP contribution in [0.3, 0.4) is 0 Å². The Morgan fingerprint density at radius 1 is 1.33 bits per heavy atom. The molecule has 0 aromatic heterocycles. The first-order valence-corrected chi connectivity index (χ1v) is 8.30. The quantitative estimate of drug-likeness (QED) is 0.918. The number of hydrogen-bond donors (Lipinski definition) is 1. The number of hydrogen-bond acceptors (Lipinski definition) is 3. The van der Waals surface area contributed by atoms with Crippen molar-refractivity contribution in [3.63, 3.8) is 0 Å². The SMILES string of the molecule is COc1ccc2ccccc2c1CNC(=O)N(C)CC1CCOC1. The van der Waals surface area contributed by atoms with Crippen molar-refractivity contribution in [2.75, 3.05) is 33.9 Å². The van der Waals surface area contributed by atoms with Gasteiger partial charge in [0.05, 0.1) is 13.7 Å². The van der Waals surface area contributed by atoms with Crippen LogP contribution in [0.25, 0.3) is 10.8 Å². The van der Waals surface area contributed by atoms with Crippen molar-refractivity contribution in [1.29, 1.82) is 0 Å². The van der Waals surface area contributed by atoms with E-state index in [1.165, 1.54) is 0 Å². The number of nitrogens with one attached hydrogen (secondary N) is 1. The third-order valence-electron chi connectivity index (χ3n) is 4.54. The van der Waals surface area contributed by atoms with E-state index in [4.69, 9.17) is 9.47 Å². The second kappa shape index (κ2) is 7.53. The van der Waals surface area contributed by atoms with Crippen LogP contribution in [0.1, 0.15) is 12.0 Å². The minimum atomic E-state index is -0.0723. The number of fused-ring (bicyclic) bond motifs is 1. The van der Waals surface area contributed by atoms with Crippen LogP contribution >= 0.6 is 0 Å². The minimum absolute atomic E-state index is 0.0723. The van der Waals surface area contributed by atoms with E-state index in [9.17, 15) is 4.79 Å². The zero-order valence-corrected chi connectivity index (χ0v) is 14.2.